The Kier molecular flexibility index (Phi) is 3.67. The molecule has 1 aliphatic carbocycles. The van der Waals surface area contributed by atoms with Crippen molar-refractivity contribution in [2.75, 3.05) is 0 Å². The Balaban J connectivity index is 1.94. The molecule has 0 aliphatic heterocycles. The number of phenols is 1. The number of benzene rings is 2. The molecule has 0 radical (unpaired) electrons. The van der Waals surface area contributed by atoms with Gasteiger partial charge in [-0.3, -0.25) is 0 Å². The molecule has 0 aromatic heterocycles. The summed E-state index contributed by atoms with van der Waals surface area (Å²) in [5.41, 5.74) is 0. The Labute approximate surface area is 117 Å². The molecular weight excluding hydrogens is 256 g/mol. The second-order valence-corrected chi connectivity index (χ2v) is 6.42. The maximum atomic E-state index is 10.1. The second kappa shape index (κ2) is 5.43. The van der Waals surface area contributed by atoms with Crippen LogP contribution in [0.2, 0.25) is 0 Å². The minimum atomic E-state index is -0.202. The van der Waals surface area contributed by atoms with Crippen molar-refractivity contribution in [2.24, 2.45) is 0 Å². The van der Waals surface area contributed by atoms with Crippen LogP contribution in [-0.4, -0.2) is 21.6 Å². The van der Waals surface area contributed by atoms with Crippen molar-refractivity contribution >= 4 is 22.5 Å². The molecule has 3 heteroatoms. The summed E-state index contributed by atoms with van der Waals surface area (Å²) >= 11 is 1.75. The molecule has 0 amide bonds. The summed E-state index contributed by atoms with van der Waals surface area (Å²) in [6.07, 6.45) is 4.11. The summed E-state index contributed by atoms with van der Waals surface area (Å²) < 4.78 is 0. The van der Waals surface area contributed by atoms with Crippen LogP contribution in [0, 0.1) is 0 Å². The summed E-state index contributed by atoms with van der Waals surface area (Å²) in [4.78, 5) is 1.15. The van der Waals surface area contributed by atoms with Gasteiger partial charge in [-0.15, -0.1) is 11.8 Å². The van der Waals surface area contributed by atoms with Gasteiger partial charge in [0.2, 0.25) is 0 Å². The second-order valence-electron chi connectivity index (χ2n) is 5.14. The zero-order valence-electron chi connectivity index (χ0n) is 10.7. The molecule has 2 nitrogen and oxygen atoms in total. The lowest BCUT2D eigenvalue weighted by atomic mass is 9.97. The van der Waals surface area contributed by atoms with E-state index in [4.69, 9.17) is 0 Å². The first-order valence-corrected chi connectivity index (χ1v) is 7.69. The van der Waals surface area contributed by atoms with Crippen LogP contribution in [0.3, 0.4) is 0 Å². The third-order valence-corrected chi connectivity index (χ3v) is 5.27. The van der Waals surface area contributed by atoms with E-state index in [1.165, 1.54) is 6.42 Å². The van der Waals surface area contributed by atoms with E-state index in [0.29, 0.717) is 5.75 Å². The molecule has 100 valence electrons. The van der Waals surface area contributed by atoms with E-state index in [9.17, 15) is 10.2 Å². The first kappa shape index (κ1) is 12.8. The molecule has 0 unspecified atom stereocenters. The molecule has 1 fully saturated rings. The third kappa shape index (κ3) is 2.58. The zero-order chi connectivity index (χ0) is 13.2. The van der Waals surface area contributed by atoms with Gasteiger partial charge in [0.1, 0.15) is 5.75 Å². The highest BCUT2D eigenvalue weighted by atomic mass is 32.2. The standard InChI is InChI=1S/C16H18O2S/c17-13-9-10-15(12-6-2-1-5-11(12)13)19-16-8-4-3-7-14(16)18/h1-2,5-6,9-10,14,16-18H,3-4,7-8H2/t14-,16-/m0/s1. The average Bonchev–Trinajstić information content (AvgIpc) is 2.44. The minimum absolute atomic E-state index is 0.202. The number of rotatable bonds is 2. The van der Waals surface area contributed by atoms with Crippen molar-refractivity contribution in [1.29, 1.82) is 0 Å². The van der Waals surface area contributed by atoms with E-state index in [1.807, 2.05) is 30.3 Å². The smallest absolute Gasteiger partial charge is 0.123 e. The van der Waals surface area contributed by atoms with E-state index < -0.39 is 0 Å². The first-order chi connectivity index (χ1) is 9.25. The predicted molar refractivity (Wildman–Crippen MR) is 79.7 cm³/mol. The van der Waals surface area contributed by atoms with Crippen LogP contribution in [-0.2, 0) is 0 Å². The van der Waals surface area contributed by atoms with E-state index in [2.05, 4.69) is 0 Å². The van der Waals surface area contributed by atoms with Crippen molar-refractivity contribution < 1.29 is 10.2 Å². The summed E-state index contributed by atoms with van der Waals surface area (Å²) in [5.74, 6) is 0.323. The Morgan fingerprint density at radius 1 is 0.947 bits per heavy atom. The molecule has 1 aliphatic rings. The van der Waals surface area contributed by atoms with Crippen LogP contribution in [0.5, 0.6) is 5.75 Å². The minimum Gasteiger partial charge on any atom is -0.507 e. The summed E-state index contributed by atoms with van der Waals surface area (Å²) in [5, 5.41) is 22.2. The van der Waals surface area contributed by atoms with Crippen molar-refractivity contribution in [3.63, 3.8) is 0 Å². The largest absolute Gasteiger partial charge is 0.507 e. The quantitative estimate of drug-likeness (QED) is 0.871. The van der Waals surface area contributed by atoms with Crippen LogP contribution in [0.4, 0.5) is 0 Å². The van der Waals surface area contributed by atoms with Crippen molar-refractivity contribution in [3.05, 3.63) is 36.4 Å². The highest BCUT2D eigenvalue weighted by Crippen LogP contribution is 2.39. The molecule has 3 rings (SSSR count). The number of aliphatic hydroxyl groups is 1. The molecule has 2 atom stereocenters. The molecule has 19 heavy (non-hydrogen) atoms. The number of phenolic OH excluding ortho intramolecular Hbond substituents is 1. The Bertz CT molecular complexity index is 582. The maximum absolute atomic E-state index is 10.1. The first-order valence-electron chi connectivity index (χ1n) is 6.81. The van der Waals surface area contributed by atoms with Crippen LogP contribution >= 0.6 is 11.8 Å². The maximum Gasteiger partial charge on any atom is 0.123 e. The van der Waals surface area contributed by atoms with Crippen LogP contribution in [0.1, 0.15) is 25.7 Å². The number of thioether (sulfide) groups is 1. The van der Waals surface area contributed by atoms with Crippen molar-refractivity contribution in [2.45, 2.75) is 41.9 Å². The Hall–Kier alpha value is -1.19. The molecular formula is C16H18O2S. The average molecular weight is 274 g/mol. The van der Waals surface area contributed by atoms with Crippen molar-refractivity contribution in [1.82, 2.24) is 0 Å². The van der Waals surface area contributed by atoms with Gasteiger partial charge in [0.05, 0.1) is 6.10 Å². The Morgan fingerprint density at radius 3 is 2.47 bits per heavy atom. The number of fused-ring (bicyclic) bond motifs is 1. The summed E-state index contributed by atoms with van der Waals surface area (Å²) in [7, 11) is 0. The molecule has 0 heterocycles. The highest BCUT2D eigenvalue weighted by Gasteiger charge is 2.24. The normalized spacial score (nSPS) is 23.6. The molecule has 2 aromatic carbocycles. The summed E-state index contributed by atoms with van der Waals surface area (Å²) in [6, 6.07) is 11.6. The van der Waals surface area contributed by atoms with Gasteiger partial charge in [-0.2, -0.15) is 0 Å². The fourth-order valence-electron chi connectivity index (χ4n) is 2.74. The summed E-state index contributed by atoms with van der Waals surface area (Å²) in [6.45, 7) is 0. The zero-order valence-corrected chi connectivity index (χ0v) is 11.6. The van der Waals surface area contributed by atoms with Gasteiger partial charge in [0.15, 0.2) is 0 Å². The number of hydrogen-bond acceptors (Lipinski definition) is 3. The molecule has 0 bridgehead atoms. The van der Waals surface area contributed by atoms with Gasteiger partial charge in [0.25, 0.3) is 0 Å². The number of aromatic hydroxyl groups is 1. The predicted octanol–water partition coefficient (Wildman–Crippen LogP) is 3.94. The van der Waals surface area contributed by atoms with Gasteiger partial charge >= 0.3 is 0 Å². The monoisotopic (exact) mass is 274 g/mol. The number of hydrogen-bond donors (Lipinski definition) is 2. The van der Waals surface area contributed by atoms with Crippen LogP contribution in [0.25, 0.3) is 10.8 Å². The van der Waals surface area contributed by atoms with Crippen LogP contribution < -0.4 is 0 Å². The highest BCUT2D eigenvalue weighted by molar-refractivity contribution is 8.00. The van der Waals surface area contributed by atoms with E-state index in [0.717, 1.165) is 34.9 Å². The van der Waals surface area contributed by atoms with E-state index in [-0.39, 0.29) is 11.4 Å². The molecule has 2 N–H and O–H groups in total. The van der Waals surface area contributed by atoms with Gasteiger partial charge in [-0.25, -0.2) is 0 Å². The number of aliphatic hydroxyl groups excluding tert-OH is 1. The van der Waals surface area contributed by atoms with Gasteiger partial charge in [-0.05, 0) is 30.4 Å². The lowest BCUT2D eigenvalue weighted by molar-refractivity contribution is 0.137. The van der Waals surface area contributed by atoms with Gasteiger partial charge in [0, 0.05) is 15.5 Å². The molecule has 1 saturated carbocycles. The molecule has 2 aromatic rings. The molecule has 0 saturated heterocycles. The SMILES string of the molecule is Oc1ccc(S[C@H]2CCCC[C@@H]2O)c2ccccc12. The van der Waals surface area contributed by atoms with E-state index >= 15 is 0 Å². The van der Waals surface area contributed by atoms with Crippen molar-refractivity contribution in [3.8, 4) is 5.75 Å². The van der Waals surface area contributed by atoms with Crippen LogP contribution in [0.15, 0.2) is 41.3 Å². The third-order valence-electron chi connectivity index (χ3n) is 3.81. The fourth-order valence-corrected chi connectivity index (χ4v) is 4.09. The lowest BCUT2D eigenvalue weighted by Crippen LogP contribution is -2.26. The van der Waals surface area contributed by atoms with Gasteiger partial charge in [-0.1, -0.05) is 37.1 Å². The topological polar surface area (TPSA) is 40.5 Å². The lowest BCUT2D eigenvalue weighted by Gasteiger charge is -2.27. The van der Waals surface area contributed by atoms with E-state index in [1.54, 1.807) is 17.8 Å². The Morgan fingerprint density at radius 2 is 1.68 bits per heavy atom. The fraction of sp³-hybridized carbons (Fsp3) is 0.375. The molecule has 0 spiro atoms. The van der Waals surface area contributed by atoms with Gasteiger partial charge < -0.3 is 10.2 Å².